The summed E-state index contributed by atoms with van der Waals surface area (Å²) in [7, 11) is 1.99. The highest BCUT2D eigenvalue weighted by atomic mass is 16.4. The van der Waals surface area contributed by atoms with Crippen molar-refractivity contribution in [2.45, 2.75) is 26.7 Å². The molecule has 3 aromatic rings. The van der Waals surface area contributed by atoms with Crippen molar-refractivity contribution in [2.24, 2.45) is 17.9 Å². The molecule has 0 aliphatic carbocycles. The van der Waals surface area contributed by atoms with E-state index >= 15 is 0 Å². The zero-order valence-corrected chi connectivity index (χ0v) is 15.9. The van der Waals surface area contributed by atoms with Crippen LogP contribution in [-0.2, 0) is 13.5 Å². The predicted octanol–water partition coefficient (Wildman–Crippen LogP) is 4.42. The molecule has 1 heterocycles. The van der Waals surface area contributed by atoms with Crippen LogP contribution in [0, 0.1) is 6.92 Å². The fourth-order valence-electron chi connectivity index (χ4n) is 3.54. The molecule has 0 bridgehead atoms. The number of aromatic hydroxyl groups is 1. The minimum Gasteiger partial charge on any atom is -0.508 e. The summed E-state index contributed by atoms with van der Waals surface area (Å²) in [4.78, 5) is 0. The highest BCUT2D eigenvalue weighted by Crippen LogP contribution is 2.38. The molecule has 5 heteroatoms. The van der Waals surface area contributed by atoms with E-state index < -0.39 is 0 Å². The number of rotatable bonds is 5. The van der Waals surface area contributed by atoms with Crippen molar-refractivity contribution >= 4 is 5.84 Å². The molecule has 0 radical (unpaired) electrons. The molecule has 140 valence electrons. The van der Waals surface area contributed by atoms with Crippen LogP contribution in [0.5, 0.6) is 5.75 Å². The fraction of sp³-hybridized carbons (Fsp3) is 0.227. The normalized spacial score (nSPS) is 11.7. The largest absolute Gasteiger partial charge is 0.508 e. The first-order valence-electron chi connectivity index (χ1n) is 9.02. The first-order chi connectivity index (χ1) is 13.0. The van der Waals surface area contributed by atoms with Crippen LogP contribution in [0.4, 0.5) is 0 Å². The highest BCUT2D eigenvalue weighted by molar-refractivity contribution is 6.07. The summed E-state index contributed by atoms with van der Waals surface area (Å²) in [5.74, 6) is 0.306. The Balaban J connectivity index is 2.41. The lowest BCUT2D eigenvalue weighted by Gasteiger charge is -2.19. The number of benzene rings is 2. The van der Waals surface area contributed by atoms with Crippen LogP contribution in [-0.4, -0.2) is 20.7 Å². The van der Waals surface area contributed by atoms with Crippen LogP contribution in [0.2, 0.25) is 0 Å². The second-order valence-corrected chi connectivity index (χ2v) is 6.81. The standard InChI is InChI=1S/C22H25N3O2/c1-4-5-15-12-18(16-6-8-17(26)9-7-16)20(19(13-15)22(23)24-27)21-14(2)10-11-25(21)3/h6-13,26-27H,4-5H2,1-3H3,(H2,23,24). The Kier molecular flexibility index (Phi) is 5.21. The van der Waals surface area contributed by atoms with Crippen LogP contribution < -0.4 is 5.73 Å². The number of oxime groups is 1. The first kappa shape index (κ1) is 18.6. The van der Waals surface area contributed by atoms with Crippen molar-refractivity contribution in [1.29, 1.82) is 0 Å². The van der Waals surface area contributed by atoms with Gasteiger partial charge in [-0.15, -0.1) is 0 Å². The minimum absolute atomic E-state index is 0.0866. The Hall–Kier alpha value is -3.21. The maximum absolute atomic E-state index is 9.69. The maximum atomic E-state index is 9.69. The number of hydrogen-bond acceptors (Lipinski definition) is 3. The molecule has 0 spiro atoms. The Labute approximate surface area is 159 Å². The molecule has 5 nitrogen and oxygen atoms in total. The zero-order valence-electron chi connectivity index (χ0n) is 15.9. The lowest BCUT2D eigenvalue weighted by molar-refractivity contribution is 0.318. The smallest absolute Gasteiger partial charge is 0.170 e. The van der Waals surface area contributed by atoms with Crippen LogP contribution in [0.1, 0.15) is 30.0 Å². The van der Waals surface area contributed by atoms with E-state index in [-0.39, 0.29) is 11.6 Å². The van der Waals surface area contributed by atoms with Crippen molar-refractivity contribution in [1.82, 2.24) is 4.57 Å². The number of aromatic nitrogens is 1. The lowest BCUT2D eigenvalue weighted by Crippen LogP contribution is -2.16. The van der Waals surface area contributed by atoms with Gasteiger partial charge in [0.1, 0.15) is 5.75 Å². The van der Waals surface area contributed by atoms with Crippen LogP contribution in [0.3, 0.4) is 0 Å². The van der Waals surface area contributed by atoms with E-state index in [2.05, 4.69) is 18.1 Å². The first-order valence-corrected chi connectivity index (χ1v) is 9.02. The van der Waals surface area contributed by atoms with Gasteiger partial charge in [0, 0.05) is 24.4 Å². The molecule has 0 amide bonds. The fourth-order valence-corrected chi connectivity index (χ4v) is 3.54. The summed E-state index contributed by atoms with van der Waals surface area (Å²) in [6.07, 6.45) is 3.89. The monoisotopic (exact) mass is 363 g/mol. The van der Waals surface area contributed by atoms with Gasteiger partial charge in [-0.2, -0.15) is 0 Å². The van der Waals surface area contributed by atoms with Gasteiger partial charge in [-0.25, -0.2) is 0 Å². The molecule has 0 aliphatic rings. The number of aryl methyl sites for hydroxylation is 3. The van der Waals surface area contributed by atoms with Gasteiger partial charge < -0.3 is 20.6 Å². The summed E-state index contributed by atoms with van der Waals surface area (Å²) in [6, 6.07) is 13.3. The van der Waals surface area contributed by atoms with Crippen molar-refractivity contribution < 1.29 is 10.3 Å². The number of nitrogens with two attached hydrogens (primary N) is 1. The Bertz CT molecular complexity index is 966. The molecule has 1 aromatic heterocycles. The average Bonchev–Trinajstić information content (AvgIpc) is 2.99. The highest BCUT2D eigenvalue weighted by Gasteiger charge is 2.20. The molecule has 0 fully saturated rings. The summed E-state index contributed by atoms with van der Waals surface area (Å²) in [5, 5.41) is 22.4. The van der Waals surface area contributed by atoms with Crippen LogP contribution in [0.25, 0.3) is 22.4 Å². The molecule has 4 N–H and O–H groups in total. The molecule has 3 rings (SSSR count). The molecule has 0 aliphatic heterocycles. The molecule has 2 aromatic carbocycles. The maximum Gasteiger partial charge on any atom is 0.170 e. The number of phenols is 1. The van der Waals surface area contributed by atoms with E-state index in [1.165, 1.54) is 0 Å². The van der Waals surface area contributed by atoms with E-state index in [0.717, 1.165) is 46.4 Å². The molecule has 0 saturated heterocycles. The van der Waals surface area contributed by atoms with Gasteiger partial charge in [0.2, 0.25) is 0 Å². The van der Waals surface area contributed by atoms with E-state index in [4.69, 9.17) is 5.73 Å². The molecule has 0 atom stereocenters. The zero-order chi connectivity index (χ0) is 19.6. The molecule has 0 unspecified atom stereocenters. The topological polar surface area (TPSA) is 83.8 Å². The number of phenolic OH excluding ortho intramolecular Hbond substituents is 1. The number of amidine groups is 1. The van der Waals surface area contributed by atoms with Gasteiger partial charge in [-0.1, -0.05) is 36.7 Å². The average molecular weight is 363 g/mol. The van der Waals surface area contributed by atoms with E-state index in [1.54, 1.807) is 12.1 Å². The Morgan fingerprint density at radius 2 is 1.85 bits per heavy atom. The van der Waals surface area contributed by atoms with Crippen molar-refractivity contribution in [2.75, 3.05) is 0 Å². The van der Waals surface area contributed by atoms with Gasteiger partial charge >= 0.3 is 0 Å². The van der Waals surface area contributed by atoms with Crippen molar-refractivity contribution in [3.8, 4) is 28.1 Å². The SMILES string of the molecule is CCCc1cc(/C(N)=N/O)c(-c2c(C)ccn2C)c(-c2ccc(O)cc2)c1. The van der Waals surface area contributed by atoms with Crippen molar-refractivity contribution in [3.05, 3.63) is 65.4 Å². The molecular formula is C22H25N3O2. The minimum atomic E-state index is 0.0866. The summed E-state index contributed by atoms with van der Waals surface area (Å²) >= 11 is 0. The third-order valence-corrected chi connectivity index (χ3v) is 4.81. The van der Waals surface area contributed by atoms with Gasteiger partial charge in [0.05, 0.1) is 5.69 Å². The number of hydrogen-bond donors (Lipinski definition) is 3. The predicted molar refractivity (Wildman–Crippen MR) is 109 cm³/mol. The van der Waals surface area contributed by atoms with Gasteiger partial charge in [-0.3, -0.25) is 0 Å². The molecule has 27 heavy (non-hydrogen) atoms. The molecular weight excluding hydrogens is 338 g/mol. The summed E-state index contributed by atoms with van der Waals surface area (Å²) < 4.78 is 2.04. The molecule has 0 saturated carbocycles. The summed E-state index contributed by atoms with van der Waals surface area (Å²) in [6.45, 7) is 4.17. The van der Waals surface area contributed by atoms with Crippen molar-refractivity contribution in [3.63, 3.8) is 0 Å². The quantitative estimate of drug-likeness (QED) is 0.271. The van der Waals surface area contributed by atoms with E-state index in [0.29, 0.717) is 5.56 Å². The lowest BCUT2D eigenvalue weighted by atomic mass is 9.88. The van der Waals surface area contributed by atoms with Crippen LogP contribution >= 0.6 is 0 Å². The van der Waals surface area contributed by atoms with E-state index in [1.807, 2.05) is 49.0 Å². The van der Waals surface area contributed by atoms with Gasteiger partial charge in [0.25, 0.3) is 0 Å². The van der Waals surface area contributed by atoms with Gasteiger partial charge in [0.15, 0.2) is 5.84 Å². The third-order valence-electron chi connectivity index (χ3n) is 4.81. The second kappa shape index (κ2) is 7.58. The number of nitrogens with zero attached hydrogens (tertiary/aromatic N) is 2. The Morgan fingerprint density at radius 1 is 1.15 bits per heavy atom. The summed E-state index contributed by atoms with van der Waals surface area (Å²) in [5.41, 5.74) is 12.9. The Morgan fingerprint density at radius 3 is 2.41 bits per heavy atom. The third kappa shape index (κ3) is 3.53. The van der Waals surface area contributed by atoms with Crippen LogP contribution in [0.15, 0.2) is 53.8 Å². The van der Waals surface area contributed by atoms with E-state index in [9.17, 15) is 10.3 Å². The van der Waals surface area contributed by atoms with Gasteiger partial charge in [-0.05, 0) is 59.9 Å². The second-order valence-electron chi connectivity index (χ2n) is 6.81.